The van der Waals surface area contributed by atoms with Crippen LogP contribution in [0.4, 0.5) is 0 Å². The van der Waals surface area contributed by atoms with E-state index < -0.39 is 143 Å². The van der Waals surface area contributed by atoms with Crippen LogP contribution in [0.5, 0.6) is 0 Å². The molecule has 2 heterocycles. The van der Waals surface area contributed by atoms with Crippen molar-refractivity contribution in [3.8, 4) is 0 Å². The van der Waals surface area contributed by atoms with Crippen LogP contribution in [0.2, 0.25) is 0 Å². The second-order valence-electron chi connectivity index (χ2n) is 28.1. The molecule has 0 saturated carbocycles. The van der Waals surface area contributed by atoms with Gasteiger partial charge in [-0.3, -0.25) is 62.3 Å². The number of carboxylic acids is 1. The minimum absolute atomic E-state index is 0.0551. The Labute approximate surface area is 613 Å². The molecule has 1 saturated heterocycles. The highest BCUT2D eigenvalue weighted by Gasteiger charge is 2.42. The predicted octanol–water partition coefficient (Wildman–Crippen LogP) is 0.260. The smallest absolute Gasteiger partial charge is 0.330 e. The summed E-state index contributed by atoms with van der Waals surface area (Å²) in [6.45, 7) is 18.3. The maximum absolute atomic E-state index is 14.2. The van der Waals surface area contributed by atoms with E-state index in [-0.39, 0.29) is 114 Å². The van der Waals surface area contributed by atoms with Crippen LogP contribution in [-0.4, -0.2) is 199 Å². The number of aromatic amines is 1. The summed E-state index contributed by atoms with van der Waals surface area (Å²) in [5, 5.41) is 40.2. The SMILES string of the molecule is CCCCCCCCNCCO[C@H]1C[C@H](n2cc(C)c(=O)[nH]c2=O)O[C@@H]1C(=O)NCCCC[C@@H](NC(=O)[C@@H](C)NC(=O)[C@@H](CCCCN)NC(=O)[C@@H](C)NC(=O)[C@@H](CC(C)C)NC(=O)[C@@H](CCCCN)NC(=O)[C@@H](C)NC(=O)[C@@H](CC(C)C)NC(=O)[C@@H](CCCCN)NC(=O)CCCCCN)C(=O)O. The first-order valence-electron chi connectivity index (χ1n) is 37.8. The number of hydrogen-bond acceptors (Lipinski definition) is 20. The summed E-state index contributed by atoms with van der Waals surface area (Å²) in [5.41, 5.74) is 21.9. The van der Waals surface area contributed by atoms with Gasteiger partial charge in [0.15, 0.2) is 6.10 Å². The molecule has 33 nitrogen and oxygen atoms in total. The molecule has 12 atom stereocenters. The molecule has 21 N–H and O–H groups in total. The quantitative estimate of drug-likeness (QED) is 0.0389. The van der Waals surface area contributed by atoms with Crippen LogP contribution in [0.25, 0.3) is 0 Å². The highest BCUT2D eigenvalue weighted by Crippen LogP contribution is 2.30. The average molecular weight is 1480 g/mol. The highest BCUT2D eigenvalue weighted by molar-refractivity contribution is 5.98. The molecule has 0 aliphatic carbocycles. The van der Waals surface area contributed by atoms with Crippen molar-refractivity contribution < 1.29 is 67.3 Å². The first-order chi connectivity index (χ1) is 49.5. The lowest BCUT2D eigenvalue weighted by Crippen LogP contribution is -2.60. The third-order valence-electron chi connectivity index (χ3n) is 17.7. The Morgan fingerprint density at radius 3 is 1.39 bits per heavy atom. The number of amides is 10. The van der Waals surface area contributed by atoms with Gasteiger partial charge in [0.1, 0.15) is 60.6 Å². The molecule has 33 heteroatoms. The zero-order valence-electron chi connectivity index (χ0n) is 63.3. The molecule has 1 aliphatic heterocycles. The van der Waals surface area contributed by atoms with Gasteiger partial charge >= 0.3 is 11.7 Å². The van der Waals surface area contributed by atoms with Gasteiger partial charge < -0.3 is 96.0 Å². The number of carbonyl (C=O) groups excluding carboxylic acids is 10. The molecule has 1 aromatic heterocycles. The van der Waals surface area contributed by atoms with E-state index in [1.807, 2.05) is 27.7 Å². The highest BCUT2D eigenvalue weighted by atomic mass is 16.6. The predicted molar refractivity (Wildman–Crippen MR) is 395 cm³/mol. The van der Waals surface area contributed by atoms with Crippen molar-refractivity contribution in [2.75, 3.05) is 52.4 Å². The minimum Gasteiger partial charge on any atom is -0.480 e. The van der Waals surface area contributed by atoms with Gasteiger partial charge in [0.05, 0.1) is 12.7 Å². The van der Waals surface area contributed by atoms with Crippen LogP contribution < -0.4 is 92.7 Å². The van der Waals surface area contributed by atoms with Crippen molar-refractivity contribution in [2.24, 2.45) is 34.8 Å². The Kier molecular flexibility index (Phi) is 46.8. The van der Waals surface area contributed by atoms with Crippen LogP contribution in [0.1, 0.15) is 228 Å². The molecule has 0 aromatic carbocycles. The van der Waals surface area contributed by atoms with E-state index in [0.29, 0.717) is 64.6 Å². The van der Waals surface area contributed by atoms with Crippen molar-refractivity contribution in [1.82, 2.24) is 68.0 Å². The third-order valence-corrected chi connectivity index (χ3v) is 17.7. The first-order valence-corrected chi connectivity index (χ1v) is 37.8. The van der Waals surface area contributed by atoms with Gasteiger partial charge in [0.25, 0.3) is 11.5 Å². The number of carboxylic acid groups (broad SMARTS) is 1. The maximum Gasteiger partial charge on any atom is 0.330 e. The fraction of sp³-hybridized carbons (Fsp3) is 0.789. The molecule has 0 spiro atoms. The molecule has 1 fully saturated rings. The Morgan fingerprint density at radius 2 is 0.913 bits per heavy atom. The fourth-order valence-electron chi connectivity index (χ4n) is 11.6. The summed E-state index contributed by atoms with van der Waals surface area (Å²) >= 11 is 0. The number of hydrogen-bond donors (Lipinski definition) is 17. The number of aryl methyl sites for hydroxylation is 1. The summed E-state index contributed by atoms with van der Waals surface area (Å²) in [7, 11) is 0. The summed E-state index contributed by atoms with van der Waals surface area (Å²) in [5.74, 6) is -8.41. The minimum atomic E-state index is -1.40. The van der Waals surface area contributed by atoms with E-state index in [1.165, 1.54) is 57.2 Å². The number of aromatic nitrogens is 2. The van der Waals surface area contributed by atoms with E-state index >= 15 is 0 Å². The standard InChI is InChI=1S/C71H129N17O16/c1-10-11-12-13-14-25-36-76-38-39-103-56-42-58(88-43-46(6)60(90)87-71(88)102)104-59(56)69(99)77-37-26-20-30-53(70(100)101)84-63(93)49(9)78-64(94)51(28-18-23-34-74)82-61(91)47(7)79-68(98)55(41-45(4)5)86-66(96)52(29-19-24-35-75)83-62(92)48(8)80-67(97)54(40-44(2)3)85-65(95)50(27-17-22-33-73)81-57(89)31-16-15-21-32-72/h43-45,47-56,58-59,76H,10-42,72-75H2,1-9H3,(H,77,99)(H,78,94)(H,79,98)(H,80,97)(H,81,89)(H,82,91)(H,83,92)(H,84,93)(H,85,95)(H,86,96)(H,100,101)(H,87,90,102)/t47-,48-,49-,50-,51-,52-,53-,54-,55-,56+,58-,59+/m1/s1. The first kappa shape index (κ1) is 92.7. The van der Waals surface area contributed by atoms with Crippen molar-refractivity contribution in [1.29, 1.82) is 0 Å². The summed E-state index contributed by atoms with van der Waals surface area (Å²) < 4.78 is 13.4. The van der Waals surface area contributed by atoms with Crippen molar-refractivity contribution in [2.45, 2.75) is 296 Å². The summed E-state index contributed by atoms with van der Waals surface area (Å²) in [6, 6.07) is -11.0. The Bertz CT molecular complexity index is 2920. The molecular weight excluding hydrogens is 1350 g/mol. The molecule has 0 bridgehead atoms. The lowest BCUT2D eigenvalue weighted by Gasteiger charge is -2.27. The molecule has 0 unspecified atom stereocenters. The second-order valence-corrected chi connectivity index (χ2v) is 28.1. The van der Waals surface area contributed by atoms with E-state index in [4.69, 9.17) is 32.4 Å². The zero-order valence-corrected chi connectivity index (χ0v) is 63.3. The van der Waals surface area contributed by atoms with Crippen molar-refractivity contribution in [3.63, 3.8) is 0 Å². The number of unbranched alkanes of at least 4 members (excludes halogenated alkanes) is 11. The fourth-order valence-corrected chi connectivity index (χ4v) is 11.6. The molecule has 2 rings (SSSR count). The van der Waals surface area contributed by atoms with E-state index in [1.54, 1.807) is 6.92 Å². The molecule has 104 heavy (non-hydrogen) atoms. The Morgan fingerprint density at radius 1 is 0.510 bits per heavy atom. The molecule has 594 valence electrons. The average Bonchev–Trinajstić information content (AvgIpc) is 1.63. The second kappa shape index (κ2) is 52.5. The largest absolute Gasteiger partial charge is 0.480 e. The van der Waals surface area contributed by atoms with E-state index in [0.717, 1.165) is 32.2 Å². The van der Waals surface area contributed by atoms with Gasteiger partial charge in [-0.15, -0.1) is 0 Å². The van der Waals surface area contributed by atoms with Gasteiger partial charge in [0.2, 0.25) is 53.2 Å². The third kappa shape index (κ3) is 37.0. The van der Waals surface area contributed by atoms with Gasteiger partial charge in [-0.25, -0.2) is 9.59 Å². The van der Waals surface area contributed by atoms with Crippen LogP contribution in [0.3, 0.4) is 0 Å². The summed E-state index contributed by atoms with van der Waals surface area (Å²) in [4.78, 5) is 177. The number of H-pyrrole nitrogens is 1. The van der Waals surface area contributed by atoms with Crippen molar-refractivity contribution >= 4 is 65.0 Å². The van der Waals surface area contributed by atoms with Gasteiger partial charge in [-0.1, -0.05) is 73.1 Å². The maximum atomic E-state index is 14.2. The van der Waals surface area contributed by atoms with Crippen LogP contribution in [-0.2, 0) is 62.2 Å². The number of nitrogens with one attached hydrogen (secondary N) is 12. The number of nitrogens with two attached hydrogens (primary N) is 4. The number of nitrogens with zero attached hydrogens (tertiary/aromatic N) is 1. The zero-order chi connectivity index (χ0) is 77.7. The molecule has 1 aliphatic rings. The lowest BCUT2D eigenvalue weighted by molar-refractivity contribution is -0.142. The normalized spacial score (nSPS) is 16.9. The van der Waals surface area contributed by atoms with Gasteiger partial charge in [-0.2, -0.15) is 0 Å². The number of aliphatic carboxylic acids is 1. The molecule has 0 radical (unpaired) electrons. The van der Waals surface area contributed by atoms with Crippen LogP contribution >= 0.6 is 0 Å². The number of carbonyl (C=O) groups is 11. The lowest BCUT2D eigenvalue weighted by atomic mass is 10.0. The Hall–Kier alpha value is -7.43. The van der Waals surface area contributed by atoms with E-state index in [2.05, 4.69) is 70.4 Å². The molecule has 1 aromatic rings. The van der Waals surface area contributed by atoms with Gasteiger partial charge in [0, 0.05) is 37.7 Å². The topological polar surface area (TPSA) is 518 Å². The van der Waals surface area contributed by atoms with Gasteiger partial charge in [-0.05, 0) is 181 Å². The monoisotopic (exact) mass is 1480 g/mol. The molecular formula is C71H129N17O16. The number of ether oxygens (including phenoxy) is 2. The Balaban J connectivity index is 2.12. The van der Waals surface area contributed by atoms with Crippen LogP contribution in [0.15, 0.2) is 15.8 Å². The van der Waals surface area contributed by atoms with Crippen LogP contribution in [0, 0.1) is 18.8 Å². The number of rotatable bonds is 57. The molecule has 10 amide bonds. The summed E-state index contributed by atoms with van der Waals surface area (Å²) in [6.07, 6.45) is 11.9. The van der Waals surface area contributed by atoms with E-state index in [9.17, 15) is 67.4 Å². The van der Waals surface area contributed by atoms with Crippen molar-refractivity contribution in [3.05, 3.63) is 32.6 Å².